The maximum Gasteiger partial charge on any atom is 0.308 e. The van der Waals surface area contributed by atoms with Crippen molar-refractivity contribution in [2.75, 3.05) is 20.8 Å². The monoisotopic (exact) mass is 252 g/mol. The highest BCUT2D eigenvalue weighted by Gasteiger charge is 2.26. The van der Waals surface area contributed by atoms with Gasteiger partial charge in [-0.05, 0) is 39.5 Å². The Balaban J connectivity index is 2.45. The molecule has 0 unspecified atom stereocenters. The molecule has 0 saturated heterocycles. The van der Waals surface area contributed by atoms with Crippen molar-refractivity contribution in [2.45, 2.75) is 39.5 Å². The SMILES string of the molecule is COCC(C)(C)C#CC1CCC(C(=O)OC)CC1. The van der Waals surface area contributed by atoms with Crippen molar-refractivity contribution in [1.82, 2.24) is 0 Å². The lowest BCUT2D eigenvalue weighted by atomic mass is 9.81. The number of esters is 1. The molecule has 1 aliphatic carbocycles. The van der Waals surface area contributed by atoms with Gasteiger partial charge in [0.2, 0.25) is 0 Å². The maximum atomic E-state index is 11.4. The molecule has 0 heterocycles. The van der Waals surface area contributed by atoms with E-state index in [-0.39, 0.29) is 17.3 Å². The fraction of sp³-hybridized carbons (Fsp3) is 0.800. The minimum absolute atomic E-state index is 0.0684. The largest absolute Gasteiger partial charge is 0.469 e. The molecule has 102 valence electrons. The lowest BCUT2D eigenvalue weighted by molar-refractivity contribution is -0.146. The van der Waals surface area contributed by atoms with Crippen LogP contribution in [0.4, 0.5) is 0 Å². The lowest BCUT2D eigenvalue weighted by Gasteiger charge is -2.24. The smallest absolute Gasteiger partial charge is 0.308 e. The molecule has 0 aromatic heterocycles. The van der Waals surface area contributed by atoms with Gasteiger partial charge < -0.3 is 9.47 Å². The van der Waals surface area contributed by atoms with Crippen molar-refractivity contribution in [2.24, 2.45) is 17.3 Å². The van der Waals surface area contributed by atoms with Gasteiger partial charge in [-0.2, -0.15) is 0 Å². The molecule has 0 spiro atoms. The fourth-order valence-electron chi connectivity index (χ4n) is 2.33. The summed E-state index contributed by atoms with van der Waals surface area (Å²) in [5.41, 5.74) is -0.0893. The Morgan fingerprint density at radius 1 is 1.22 bits per heavy atom. The molecule has 0 aromatic rings. The van der Waals surface area contributed by atoms with Gasteiger partial charge in [-0.15, -0.1) is 0 Å². The van der Waals surface area contributed by atoms with Crippen molar-refractivity contribution >= 4 is 5.97 Å². The average Bonchev–Trinajstić information content (AvgIpc) is 2.36. The van der Waals surface area contributed by atoms with Crippen molar-refractivity contribution in [3.8, 4) is 11.8 Å². The Morgan fingerprint density at radius 3 is 2.33 bits per heavy atom. The summed E-state index contributed by atoms with van der Waals surface area (Å²) in [5, 5.41) is 0. The second-order valence-electron chi connectivity index (χ2n) is 5.66. The number of carbonyl (C=O) groups excluding carboxylic acids is 1. The van der Waals surface area contributed by atoms with Gasteiger partial charge in [0.25, 0.3) is 0 Å². The van der Waals surface area contributed by atoms with Gasteiger partial charge in [-0.3, -0.25) is 4.79 Å². The third-order valence-electron chi connectivity index (χ3n) is 3.38. The molecule has 0 aromatic carbocycles. The van der Waals surface area contributed by atoms with E-state index in [1.807, 2.05) is 0 Å². The van der Waals surface area contributed by atoms with Crippen LogP contribution in [0.2, 0.25) is 0 Å². The zero-order chi connectivity index (χ0) is 13.6. The number of methoxy groups -OCH3 is 2. The van der Waals surface area contributed by atoms with Gasteiger partial charge in [-0.1, -0.05) is 11.8 Å². The van der Waals surface area contributed by atoms with E-state index in [1.54, 1.807) is 7.11 Å². The first-order valence-corrected chi connectivity index (χ1v) is 6.58. The first kappa shape index (κ1) is 15.0. The van der Waals surface area contributed by atoms with Gasteiger partial charge in [-0.25, -0.2) is 0 Å². The normalized spacial score (nSPS) is 24.0. The predicted molar refractivity (Wildman–Crippen MR) is 70.9 cm³/mol. The summed E-state index contributed by atoms with van der Waals surface area (Å²) in [6, 6.07) is 0. The Labute approximate surface area is 110 Å². The molecule has 1 aliphatic rings. The quantitative estimate of drug-likeness (QED) is 0.572. The van der Waals surface area contributed by atoms with Gasteiger partial charge in [0, 0.05) is 18.4 Å². The summed E-state index contributed by atoms with van der Waals surface area (Å²) in [5.74, 6) is 7.07. The van der Waals surface area contributed by atoms with Crippen LogP contribution in [0.3, 0.4) is 0 Å². The van der Waals surface area contributed by atoms with Crippen LogP contribution in [0.5, 0.6) is 0 Å². The maximum absolute atomic E-state index is 11.4. The molecule has 3 heteroatoms. The van der Waals surface area contributed by atoms with E-state index in [2.05, 4.69) is 25.7 Å². The highest BCUT2D eigenvalue weighted by atomic mass is 16.5. The van der Waals surface area contributed by atoms with E-state index >= 15 is 0 Å². The Morgan fingerprint density at radius 2 is 1.83 bits per heavy atom. The summed E-state index contributed by atoms with van der Waals surface area (Å²) >= 11 is 0. The molecule has 0 N–H and O–H groups in total. The fourth-order valence-corrected chi connectivity index (χ4v) is 2.33. The van der Waals surface area contributed by atoms with Crippen LogP contribution in [-0.2, 0) is 14.3 Å². The molecule has 1 saturated carbocycles. The molecule has 18 heavy (non-hydrogen) atoms. The minimum Gasteiger partial charge on any atom is -0.469 e. The van der Waals surface area contributed by atoms with E-state index in [4.69, 9.17) is 9.47 Å². The van der Waals surface area contributed by atoms with E-state index in [0.29, 0.717) is 12.5 Å². The highest BCUT2D eigenvalue weighted by Crippen LogP contribution is 2.29. The van der Waals surface area contributed by atoms with E-state index in [1.165, 1.54) is 7.11 Å². The molecule has 0 atom stereocenters. The summed E-state index contributed by atoms with van der Waals surface area (Å²) in [4.78, 5) is 11.4. The standard InChI is InChI=1S/C15H24O3/c1-15(2,11-17-3)10-9-12-5-7-13(8-6-12)14(16)18-4/h12-13H,5-8,11H2,1-4H3. The molecule has 3 nitrogen and oxygen atoms in total. The highest BCUT2D eigenvalue weighted by molar-refractivity contribution is 5.72. The molecular weight excluding hydrogens is 228 g/mol. The third-order valence-corrected chi connectivity index (χ3v) is 3.38. The van der Waals surface area contributed by atoms with E-state index < -0.39 is 0 Å². The van der Waals surface area contributed by atoms with Crippen LogP contribution in [0.25, 0.3) is 0 Å². The molecule has 1 rings (SSSR count). The summed E-state index contributed by atoms with van der Waals surface area (Å²) in [6.07, 6.45) is 3.79. The topological polar surface area (TPSA) is 35.5 Å². The number of rotatable bonds is 3. The van der Waals surface area contributed by atoms with Crippen LogP contribution in [0.15, 0.2) is 0 Å². The third kappa shape index (κ3) is 4.70. The summed E-state index contributed by atoms with van der Waals surface area (Å²) < 4.78 is 9.93. The minimum atomic E-state index is -0.0893. The molecule has 0 amide bonds. The number of ether oxygens (including phenoxy) is 2. The zero-order valence-corrected chi connectivity index (χ0v) is 11.9. The van der Waals surface area contributed by atoms with Gasteiger partial charge in [0.05, 0.1) is 19.6 Å². The van der Waals surface area contributed by atoms with Crippen LogP contribution in [-0.4, -0.2) is 26.8 Å². The van der Waals surface area contributed by atoms with Crippen LogP contribution in [0.1, 0.15) is 39.5 Å². The van der Waals surface area contributed by atoms with Crippen molar-refractivity contribution in [1.29, 1.82) is 0 Å². The zero-order valence-electron chi connectivity index (χ0n) is 11.9. The number of carbonyl (C=O) groups is 1. The van der Waals surface area contributed by atoms with E-state index in [0.717, 1.165) is 25.7 Å². The number of hydrogen-bond donors (Lipinski definition) is 0. The van der Waals surface area contributed by atoms with Crippen LogP contribution < -0.4 is 0 Å². The average molecular weight is 252 g/mol. The van der Waals surface area contributed by atoms with Crippen molar-refractivity contribution in [3.63, 3.8) is 0 Å². The Kier molecular flexibility index (Phi) is 5.68. The molecule has 0 radical (unpaired) electrons. The molecule has 1 fully saturated rings. The van der Waals surface area contributed by atoms with E-state index in [9.17, 15) is 4.79 Å². The lowest BCUT2D eigenvalue weighted by Crippen LogP contribution is -2.22. The van der Waals surface area contributed by atoms with Crippen molar-refractivity contribution < 1.29 is 14.3 Å². The van der Waals surface area contributed by atoms with Crippen molar-refractivity contribution in [3.05, 3.63) is 0 Å². The predicted octanol–water partition coefficient (Wildman–Crippen LogP) is 2.64. The Bertz CT molecular complexity index is 327. The second-order valence-corrected chi connectivity index (χ2v) is 5.66. The van der Waals surface area contributed by atoms with Crippen LogP contribution >= 0.6 is 0 Å². The first-order chi connectivity index (χ1) is 8.48. The molecular formula is C15H24O3. The molecule has 0 aliphatic heterocycles. The molecule has 0 bridgehead atoms. The van der Waals surface area contributed by atoms with Gasteiger partial charge >= 0.3 is 5.97 Å². The first-order valence-electron chi connectivity index (χ1n) is 6.58. The van der Waals surface area contributed by atoms with Gasteiger partial charge in [0.15, 0.2) is 0 Å². The summed E-state index contributed by atoms with van der Waals surface area (Å²) in [7, 11) is 3.16. The van der Waals surface area contributed by atoms with Crippen LogP contribution in [0, 0.1) is 29.1 Å². The number of hydrogen-bond acceptors (Lipinski definition) is 3. The Hall–Kier alpha value is -1.01. The summed E-state index contributed by atoms with van der Waals surface area (Å²) in [6.45, 7) is 4.82. The van der Waals surface area contributed by atoms with Gasteiger partial charge in [0.1, 0.15) is 0 Å². The second kappa shape index (κ2) is 6.80.